The van der Waals surface area contributed by atoms with Gasteiger partial charge in [0, 0.05) is 0 Å². The van der Waals surface area contributed by atoms with Gasteiger partial charge in [-0.1, -0.05) is 53.3 Å². The van der Waals surface area contributed by atoms with Crippen LogP contribution in [-0.2, 0) is 19.0 Å². The molecule has 1 rings (SSSR count). The monoisotopic (exact) mass is 360 g/mol. The van der Waals surface area contributed by atoms with Gasteiger partial charge < -0.3 is 4.74 Å². The average Bonchev–Trinajstić information content (AvgIpc) is 2.45. The Kier molecular flexibility index (Phi) is 8.15. The summed E-state index contributed by atoms with van der Waals surface area (Å²) in [6.45, 7) is 12.6. The Morgan fingerprint density at radius 2 is 1.52 bits per heavy atom. The Morgan fingerprint density at radius 3 is 2.00 bits per heavy atom. The van der Waals surface area contributed by atoms with Crippen molar-refractivity contribution < 1.29 is 17.3 Å². The molecular formula is C17H29O4PS. The Balaban J connectivity index is 2.52. The Labute approximate surface area is 142 Å². The minimum absolute atomic E-state index is 0.0373. The number of aryl methyl sites for hydroxylation is 1. The van der Waals surface area contributed by atoms with Crippen molar-refractivity contribution in [1.29, 1.82) is 0 Å². The molecule has 132 valence electrons. The van der Waals surface area contributed by atoms with Crippen LogP contribution in [0, 0.1) is 6.92 Å². The molecular weight excluding hydrogens is 331 g/mol. The third-order valence-corrected chi connectivity index (χ3v) is 8.00. The maximum absolute atomic E-state index is 12.1. The number of ether oxygens (including phenoxy) is 1. The zero-order chi connectivity index (χ0) is 17.6. The van der Waals surface area contributed by atoms with Crippen molar-refractivity contribution in [3.05, 3.63) is 29.8 Å². The largest absolute Gasteiger partial charge is 0.372 e. The van der Waals surface area contributed by atoms with Crippen molar-refractivity contribution >= 4 is 18.0 Å². The molecule has 0 aliphatic carbocycles. The predicted octanol–water partition coefficient (Wildman–Crippen LogP) is 4.36. The van der Waals surface area contributed by atoms with Crippen molar-refractivity contribution in [3.63, 3.8) is 0 Å². The summed E-state index contributed by atoms with van der Waals surface area (Å²) in [5.41, 5.74) is 2.19. The molecule has 0 heterocycles. The van der Waals surface area contributed by atoms with E-state index < -0.39 is 10.1 Å². The van der Waals surface area contributed by atoms with Crippen LogP contribution >= 0.6 is 7.92 Å². The number of rotatable bonds is 9. The van der Waals surface area contributed by atoms with Gasteiger partial charge >= 0.3 is 0 Å². The van der Waals surface area contributed by atoms with Gasteiger partial charge in [0.25, 0.3) is 10.1 Å². The van der Waals surface area contributed by atoms with Gasteiger partial charge in [0.1, 0.15) is 0 Å². The molecule has 1 aromatic carbocycles. The Hall–Kier alpha value is -0.480. The van der Waals surface area contributed by atoms with Crippen molar-refractivity contribution in [3.8, 4) is 0 Å². The molecule has 4 nitrogen and oxygen atoms in total. The fourth-order valence-corrected chi connectivity index (χ4v) is 5.31. The summed E-state index contributed by atoms with van der Waals surface area (Å²) < 4.78 is 35.2. The van der Waals surface area contributed by atoms with E-state index in [0.29, 0.717) is 17.7 Å². The highest BCUT2D eigenvalue weighted by atomic mass is 32.2. The number of hydrogen-bond acceptors (Lipinski definition) is 4. The number of hydrogen-bond donors (Lipinski definition) is 0. The first kappa shape index (κ1) is 20.6. The van der Waals surface area contributed by atoms with E-state index >= 15 is 0 Å². The van der Waals surface area contributed by atoms with Crippen LogP contribution in [0.1, 0.15) is 40.2 Å². The zero-order valence-electron chi connectivity index (χ0n) is 14.9. The highest BCUT2D eigenvalue weighted by Crippen LogP contribution is 2.45. The summed E-state index contributed by atoms with van der Waals surface area (Å²) in [7, 11) is -3.94. The summed E-state index contributed by atoms with van der Waals surface area (Å²) in [5.74, 6) is 0. The summed E-state index contributed by atoms with van der Waals surface area (Å²) >= 11 is 0. The molecule has 0 amide bonds. The molecule has 1 aromatic rings. The Bertz CT molecular complexity index is 559. The maximum Gasteiger partial charge on any atom is 0.297 e. The SMILES string of the molecule is Cc1ccc(S(=O)(=O)OCC(C)OCP(C(C)C)C(C)C)cc1. The van der Waals surface area contributed by atoms with Crippen molar-refractivity contribution in [2.24, 2.45) is 0 Å². The van der Waals surface area contributed by atoms with Gasteiger partial charge in [0.2, 0.25) is 0 Å². The van der Waals surface area contributed by atoms with E-state index in [0.717, 1.165) is 5.56 Å². The van der Waals surface area contributed by atoms with E-state index in [9.17, 15) is 8.42 Å². The van der Waals surface area contributed by atoms with Crippen LogP contribution in [0.15, 0.2) is 29.2 Å². The molecule has 23 heavy (non-hydrogen) atoms. The third-order valence-electron chi connectivity index (χ3n) is 3.60. The first-order valence-electron chi connectivity index (χ1n) is 7.97. The second-order valence-electron chi connectivity index (χ2n) is 6.36. The predicted molar refractivity (Wildman–Crippen MR) is 96.9 cm³/mol. The smallest absolute Gasteiger partial charge is 0.297 e. The molecule has 0 spiro atoms. The topological polar surface area (TPSA) is 52.6 Å². The van der Waals surface area contributed by atoms with E-state index in [1.807, 2.05) is 13.8 Å². The molecule has 0 aliphatic rings. The van der Waals surface area contributed by atoms with Crippen LogP contribution in [0.25, 0.3) is 0 Å². The van der Waals surface area contributed by atoms with E-state index in [-0.39, 0.29) is 25.5 Å². The highest BCUT2D eigenvalue weighted by molar-refractivity contribution is 7.86. The van der Waals surface area contributed by atoms with E-state index in [4.69, 9.17) is 8.92 Å². The molecule has 0 aliphatic heterocycles. The first-order chi connectivity index (χ1) is 10.6. The maximum atomic E-state index is 12.1. The lowest BCUT2D eigenvalue weighted by atomic mass is 10.2. The van der Waals surface area contributed by atoms with E-state index in [1.165, 1.54) is 0 Å². The fraction of sp³-hybridized carbons (Fsp3) is 0.647. The summed E-state index contributed by atoms with van der Waals surface area (Å²) in [4.78, 5) is 0.182. The number of benzene rings is 1. The lowest BCUT2D eigenvalue weighted by Gasteiger charge is -2.27. The fourth-order valence-electron chi connectivity index (χ4n) is 2.11. The van der Waals surface area contributed by atoms with Crippen molar-refractivity contribution in [2.45, 2.75) is 63.9 Å². The minimum Gasteiger partial charge on any atom is -0.372 e. The molecule has 0 radical (unpaired) electrons. The average molecular weight is 360 g/mol. The standard InChI is InChI=1S/C17H29O4PS/c1-13(2)22(14(3)4)12-20-16(6)11-21-23(18,19)17-9-7-15(5)8-10-17/h7-10,13-14,16H,11-12H2,1-6H3. The molecule has 1 atom stereocenters. The lowest BCUT2D eigenvalue weighted by molar-refractivity contribution is 0.0617. The van der Waals surface area contributed by atoms with Crippen molar-refractivity contribution in [2.75, 3.05) is 13.0 Å². The highest BCUT2D eigenvalue weighted by Gasteiger charge is 2.20. The molecule has 0 N–H and O–H groups in total. The van der Waals surface area contributed by atoms with Gasteiger partial charge in [-0.2, -0.15) is 8.42 Å². The van der Waals surface area contributed by atoms with Crippen LogP contribution < -0.4 is 0 Å². The second kappa shape index (κ2) is 9.12. The van der Waals surface area contributed by atoms with E-state index in [2.05, 4.69) is 27.7 Å². The lowest BCUT2D eigenvalue weighted by Crippen LogP contribution is -2.21. The summed E-state index contributed by atoms with van der Waals surface area (Å²) in [6.07, 6.45) is 0.428. The van der Waals surface area contributed by atoms with Crippen LogP contribution in [0.2, 0.25) is 0 Å². The quantitative estimate of drug-likeness (QED) is 0.485. The molecule has 6 heteroatoms. The summed E-state index contributed by atoms with van der Waals surface area (Å²) in [6, 6.07) is 6.64. The van der Waals surface area contributed by atoms with Crippen LogP contribution in [-0.4, -0.2) is 38.8 Å². The van der Waals surface area contributed by atoms with Crippen LogP contribution in [0.4, 0.5) is 0 Å². The molecule has 1 unspecified atom stereocenters. The third kappa shape index (κ3) is 6.88. The van der Waals surface area contributed by atoms with Crippen molar-refractivity contribution in [1.82, 2.24) is 0 Å². The van der Waals surface area contributed by atoms with Crippen LogP contribution in [0.5, 0.6) is 0 Å². The molecule has 0 aromatic heterocycles. The normalized spacial score (nSPS) is 14.0. The van der Waals surface area contributed by atoms with Gasteiger partial charge in [-0.15, -0.1) is 0 Å². The minimum atomic E-state index is -3.72. The van der Waals surface area contributed by atoms with E-state index in [1.54, 1.807) is 24.3 Å². The van der Waals surface area contributed by atoms with Gasteiger partial charge in [-0.3, -0.25) is 4.18 Å². The molecule has 0 bridgehead atoms. The van der Waals surface area contributed by atoms with Gasteiger partial charge in [-0.25, -0.2) is 0 Å². The Morgan fingerprint density at radius 1 is 1.00 bits per heavy atom. The van der Waals surface area contributed by atoms with Gasteiger partial charge in [-0.05, 0) is 37.3 Å². The second-order valence-corrected chi connectivity index (χ2v) is 11.3. The molecule has 0 fully saturated rings. The zero-order valence-corrected chi connectivity index (χ0v) is 16.7. The molecule has 0 saturated carbocycles. The van der Waals surface area contributed by atoms with Gasteiger partial charge in [0.05, 0.1) is 24.0 Å². The van der Waals surface area contributed by atoms with Gasteiger partial charge in [0.15, 0.2) is 0 Å². The van der Waals surface area contributed by atoms with Crippen LogP contribution in [0.3, 0.4) is 0 Å². The first-order valence-corrected chi connectivity index (χ1v) is 11.0. The molecule has 0 saturated heterocycles. The summed E-state index contributed by atoms with van der Waals surface area (Å²) in [5, 5.41) is 0.